The Bertz CT molecular complexity index is 1470. The van der Waals surface area contributed by atoms with E-state index in [4.69, 9.17) is 5.73 Å². The summed E-state index contributed by atoms with van der Waals surface area (Å²) in [5.41, 5.74) is 2.36. The summed E-state index contributed by atoms with van der Waals surface area (Å²) < 4.78 is 0. The van der Waals surface area contributed by atoms with Crippen molar-refractivity contribution in [1.82, 2.24) is 9.80 Å². The maximum atomic E-state index is 14.2. The Labute approximate surface area is 243 Å². The van der Waals surface area contributed by atoms with Crippen LogP contribution in [0.2, 0.25) is 0 Å². The number of amides is 2. The molecule has 5 rings (SSSR count). The fourth-order valence-electron chi connectivity index (χ4n) is 7.24. The van der Waals surface area contributed by atoms with E-state index in [9.17, 15) is 39.6 Å². The van der Waals surface area contributed by atoms with Crippen LogP contribution >= 0.6 is 0 Å². The van der Waals surface area contributed by atoms with Crippen molar-refractivity contribution in [3.8, 4) is 5.75 Å². The van der Waals surface area contributed by atoms with Crippen molar-refractivity contribution in [2.75, 3.05) is 46.2 Å². The number of phenols is 1. The van der Waals surface area contributed by atoms with E-state index in [0.29, 0.717) is 30.3 Å². The maximum Gasteiger partial charge on any atom is 0.257 e. The molecule has 1 aromatic rings. The molecule has 1 aliphatic heterocycles. The summed E-state index contributed by atoms with van der Waals surface area (Å²) in [7, 11) is 6.67. The summed E-state index contributed by atoms with van der Waals surface area (Å²) in [6, 6.07) is 0.514. The third kappa shape index (κ3) is 4.10. The number of nitrogens with zero attached hydrogens (tertiary/aromatic N) is 3. The van der Waals surface area contributed by atoms with E-state index in [-0.39, 0.29) is 29.5 Å². The van der Waals surface area contributed by atoms with Crippen LogP contribution < -0.4 is 10.6 Å². The van der Waals surface area contributed by atoms with Gasteiger partial charge in [-0.1, -0.05) is 6.92 Å². The number of Topliss-reactive ketones (excluding diaryl/α,β-unsaturated/α-hetero) is 2. The Hall–Kier alpha value is -3.90. The molecule has 1 heterocycles. The number of primary amides is 1. The van der Waals surface area contributed by atoms with Crippen molar-refractivity contribution in [1.29, 1.82) is 0 Å². The monoisotopic (exact) mass is 582 g/mol. The number of aliphatic hydroxyl groups excluding tert-OH is 2. The number of anilines is 1. The highest BCUT2D eigenvalue weighted by Crippen LogP contribution is 2.53. The molecule has 4 atom stereocenters. The Kier molecular flexibility index (Phi) is 7.13. The number of likely N-dealkylation sites (N-methyl/N-ethyl adjacent to an activating group) is 1. The van der Waals surface area contributed by atoms with Gasteiger partial charge in [-0.2, -0.15) is 0 Å². The summed E-state index contributed by atoms with van der Waals surface area (Å²) in [5.74, 6) is -7.21. The molecule has 12 heteroatoms. The van der Waals surface area contributed by atoms with Crippen LogP contribution in [0.5, 0.6) is 5.75 Å². The van der Waals surface area contributed by atoms with E-state index in [1.807, 2.05) is 0 Å². The molecule has 42 heavy (non-hydrogen) atoms. The predicted molar refractivity (Wildman–Crippen MR) is 152 cm³/mol. The molecule has 0 radical (unpaired) electrons. The number of aromatic hydroxyl groups is 1. The van der Waals surface area contributed by atoms with E-state index in [0.717, 1.165) is 12.8 Å². The zero-order valence-electron chi connectivity index (χ0n) is 24.5. The van der Waals surface area contributed by atoms with Crippen molar-refractivity contribution < 1.29 is 39.6 Å². The smallest absolute Gasteiger partial charge is 0.257 e. The first kappa shape index (κ1) is 29.6. The summed E-state index contributed by atoms with van der Waals surface area (Å²) in [4.78, 5) is 58.3. The molecule has 1 aromatic carbocycles. The average Bonchev–Trinajstić information content (AvgIpc) is 2.90. The lowest BCUT2D eigenvalue weighted by Gasteiger charge is -2.50. The fourth-order valence-corrected chi connectivity index (χ4v) is 7.24. The molecule has 0 spiro atoms. The molecule has 2 amide bonds. The second kappa shape index (κ2) is 10.1. The van der Waals surface area contributed by atoms with Crippen LogP contribution in [0.1, 0.15) is 52.5 Å². The first-order chi connectivity index (χ1) is 19.6. The zero-order chi connectivity index (χ0) is 31.0. The molecular weight excluding hydrogens is 544 g/mol. The quantitative estimate of drug-likeness (QED) is 0.322. The molecule has 0 unspecified atom stereocenters. The standard InChI is InChI=1S/C30H38N4O8/c1-13-6-8-34(9-7-13)29(41)16-12-18(32(2)3)15-10-14-11-17-22(33(4)5)25(37)21(28(31)40)27(39)30(17,42)26(38)19(14)24(36)20(15)23(16)35/h12-14,17,22,35,37-38,42H,6-11H2,1-5H3,(H2,31,40)/t14-,17-,22+,30-/m0/s1. The number of aliphatic hydroxyl groups is 3. The van der Waals surface area contributed by atoms with Crippen LogP contribution in [0.4, 0.5) is 5.69 Å². The number of nitrogens with two attached hydrogens (primary N) is 1. The number of carbonyl (C=O) groups excluding carboxylic acids is 4. The van der Waals surface area contributed by atoms with Gasteiger partial charge in [0.2, 0.25) is 5.78 Å². The number of phenolic OH excluding ortho intramolecular Hbond substituents is 1. The number of hydrogen-bond acceptors (Lipinski definition) is 10. The van der Waals surface area contributed by atoms with E-state index >= 15 is 0 Å². The lowest BCUT2D eigenvalue weighted by atomic mass is 9.58. The summed E-state index contributed by atoms with van der Waals surface area (Å²) in [5, 5.41) is 45.7. The third-order valence-electron chi connectivity index (χ3n) is 9.48. The Morgan fingerprint density at radius 1 is 1.07 bits per heavy atom. The Morgan fingerprint density at radius 3 is 2.24 bits per heavy atom. The number of rotatable bonds is 4. The van der Waals surface area contributed by atoms with E-state index in [2.05, 4.69) is 6.92 Å². The number of likely N-dealkylation sites (tertiary alicyclic amines) is 1. The van der Waals surface area contributed by atoms with Crippen LogP contribution in [0, 0.1) is 17.8 Å². The summed E-state index contributed by atoms with van der Waals surface area (Å²) in [6.45, 7) is 3.14. The predicted octanol–water partition coefficient (Wildman–Crippen LogP) is 1.06. The fraction of sp³-hybridized carbons (Fsp3) is 0.533. The van der Waals surface area contributed by atoms with Gasteiger partial charge < -0.3 is 36.0 Å². The van der Waals surface area contributed by atoms with E-state index < -0.39 is 69.7 Å². The van der Waals surface area contributed by atoms with Gasteiger partial charge in [0.25, 0.3) is 11.8 Å². The number of fused-ring (bicyclic) bond motifs is 3. The minimum absolute atomic E-state index is 0.00790. The number of hydrogen-bond donors (Lipinski definition) is 5. The van der Waals surface area contributed by atoms with Gasteiger partial charge in [0.15, 0.2) is 11.4 Å². The zero-order valence-corrected chi connectivity index (χ0v) is 24.5. The van der Waals surface area contributed by atoms with Crippen molar-refractivity contribution in [3.63, 3.8) is 0 Å². The van der Waals surface area contributed by atoms with Gasteiger partial charge in [-0.05, 0) is 63.2 Å². The molecule has 6 N–H and O–H groups in total. The van der Waals surface area contributed by atoms with Crippen LogP contribution in [0.15, 0.2) is 28.7 Å². The number of ketones is 2. The van der Waals surface area contributed by atoms with E-state index in [1.165, 1.54) is 4.90 Å². The van der Waals surface area contributed by atoms with Crippen molar-refractivity contribution in [3.05, 3.63) is 45.4 Å². The molecule has 1 fully saturated rings. The van der Waals surface area contributed by atoms with Crippen LogP contribution in [-0.2, 0) is 16.0 Å². The first-order valence-corrected chi connectivity index (χ1v) is 14.1. The van der Waals surface area contributed by atoms with Gasteiger partial charge in [-0.3, -0.25) is 24.1 Å². The van der Waals surface area contributed by atoms with Crippen LogP contribution in [0.25, 0.3) is 0 Å². The molecule has 4 aliphatic rings. The minimum atomic E-state index is -2.72. The molecule has 0 bridgehead atoms. The SMILES string of the molecule is CC1CCN(C(=O)c2cc(N(C)C)c3c(c2O)C(=O)C2=C(O)[C@]4(O)C(=O)C(C(N)=O)=C(O)[C@H](N(C)C)[C@@H]4C[C@@H]2C3)CC1. The van der Waals surface area contributed by atoms with Crippen molar-refractivity contribution in [2.45, 2.75) is 44.2 Å². The van der Waals surface area contributed by atoms with Crippen molar-refractivity contribution in [2.24, 2.45) is 23.5 Å². The lowest BCUT2D eigenvalue weighted by molar-refractivity contribution is -0.148. The minimum Gasteiger partial charge on any atom is -0.510 e. The molecule has 0 aromatic heterocycles. The molecule has 12 nitrogen and oxygen atoms in total. The normalized spacial score (nSPS) is 28.1. The highest BCUT2D eigenvalue weighted by Gasteiger charge is 2.63. The maximum absolute atomic E-state index is 14.2. The van der Waals surface area contributed by atoms with Gasteiger partial charge in [0.1, 0.15) is 22.8 Å². The van der Waals surface area contributed by atoms with Crippen molar-refractivity contribution >= 4 is 29.1 Å². The van der Waals surface area contributed by atoms with Gasteiger partial charge >= 0.3 is 0 Å². The third-order valence-corrected chi connectivity index (χ3v) is 9.48. The lowest BCUT2D eigenvalue weighted by Crippen LogP contribution is -2.63. The summed E-state index contributed by atoms with van der Waals surface area (Å²) in [6.07, 6.45) is 1.77. The average molecular weight is 583 g/mol. The highest BCUT2D eigenvalue weighted by molar-refractivity contribution is 6.25. The number of benzene rings is 1. The topological polar surface area (TPSA) is 185 Å². The number of allylic oxidation sites excluding steroid dienone is 1. The Morgan fingerprint density at radius 2 is 1.69 bits per heavy atom. The molecule has 3 aliphatic carbocycles. The largest absolute Gasteiger partial charge is 0.510 e. The second-order valence-corrected chi connectivity index (χ2v) is 12.5. The van der Waals surface area contributed by atoms with Gasteiger partial charge in [-0.25, -0.2) is 0 Å². The highest BCUT2D eigenvalue weighted by atomic mass is 16.3. The molecule has 1 saturated heterocycles. The molecule has 226 valence electrons. The van der Waals surface area contributed by atoms with Gasteiger partial charge in [0, 0.05) is 44.4 Å². The molecule has 0 saturated carbocycles. The van der Waals surface area contributed by atoms with Crippen LogP contribution in [-0.4, -0.2) is 107 Å². The first-order valence-electron chi connectivity index (χ1n) is 14.1. The number of piperidine rings is 1. The van der Waals surface area contributed by atoms with Gasteiger partial charge in [-0.15, -0.1) is 0 Å². The van der Waals surface area contributed by atoms with E-state index in [1.54, 1.807) is 44.1 Å². The van der Waals surface area contributed by atoms with Gasteiger partial charge in [0.05, 0.1) is 17.2 Å². The molecular formula is C30H38N4O8. The Balaban J connectivity index is 1.68. The summed E-state index contributed by atoms with van der Waals surface area (Å²) >= 11 is 0. The second-order valence-electron chi connectivity index (χ2n) is 12.5. The van der Waals surface area contributed by atoms with Crippen LogP contribution in [0.3, 0.4) is 0 Å². The number of carbonyl (C=O) groups is 4.